The van der Waals surface area contributed by atoms with E-state index in [0.29, 0.717) is 11.7 Å². The third-order valence-electron chi connectivity index (χ3n) is 4.84. The zero-order chi connectivity index (χ0) is 18.8. The average molecular weight is 401 g/mol. The van der Waals surface area contributed by atoms with Crippen LogP contribution in [-0.4, -0.2) is 38.6 Å². The third-order valence-corrected chi connectivity index (χ3v) is 4.84. The van der Waals surface area contributed by atoms with Gasteiger partial charge in [-0.2, -0.15) is 10.2 Å². The molecule has 2 aromatic heterocycles. The molecule has 1 fully saturated rings. The topological polar surface area (TPSA) is 76.8 Å². The second kappa shape index (κ2) is 8.58. The number of nitrogens with zero attached hydrogens (tertiary/aromatic N) is 4. The molecule has 1 amide bonds. The van der Waals surface area contributed by atoms with E-state index in [1.54, 1.807) is 6.07 Å². The lowest BCUT2D eigenvalue weighted by Crippen LogP contribution is -2.32. The number of piperidine rings is 1. The normalized spacial score (nSPS) is 16.4. The van der Waals surface area contributed by atoms with Crippen LogP contribution < -0.4 is 10.6 Å². The summed E-state index contributed by atoms with van der Waals surface area (Å²) < 4.78 is 3.77. The van der Waals surface area contributed by atoms with Crippen molar-refractivity contribution in [3.8, 4) is 5.69 Å². The van der Waals surface area contributed by atoms with Crippen molar-refractivity contribution in [2.24, 2.45) is 0 Å². The molecule has 3 aromatic rings. The monoisotopic (exact) mass is 400 g/mol. The van der Waals surface area contributed by atoms with Gasteiger partial charge in [0.25, 0.3) is 5.91 Å². The Hall–Kier alpha value is -2.64. The van der Waals surface area contributed by atoms with E-state index in [2.05, 4.69) is 20.8 Å². The molecule has 1 aliphatic rings. The highest BCUT2D eigenvalue weighted by Crippen LogP contribution is 2.19. The highest BCUT2D eigenvalue weighted by atomic mass is 35.5. The van der Waals surface area contributed by atoms with Gasteiger partial charge in [0.15, 0.2) is 5.69 Å². The maximum absolute atomic E-state index is 12.6. The molecule has 7 nitrogen and oxygen atoms in total. The van der Waals surface area contributed by atoms with Crippen molar-refractivity contribution in [3.63, 3.8) is 0 Å². The molecule has 0 aliphatic carbocycles. The first-order valence-electron chi connectivity index (χ1n) is 9.31. The number of aryl methyl sites for hydroxylation is 2. The Morgan fingerprint density at radius 1 is 1.21 bits per heavy atom. The summed E-state index contributed by atoms with van der Waals surface area (Å²) in [5.74, 6) is -0.206. The first-order valence-corrected chi connectivity index (χ1v) is 9.31. The molecule has 1 atom stereocenters. The highest BCUT2D eigenvalue weighted by molar-refractivity contribution is 6.02. The molecule has 28 heavy (non-hydrogen) atoms. The van der Waals surface area contributed by atoms with Crippen LogP contribution in [0.5, 0.6) is 0 Å². The van der Waals surface area contributed by atoms with Crippen LogP contribution in [-0.2, 0) is 0 Å². The maximum Gasteiger partial charge on any atom is 0.276 e. The number of amides is 1. The second-order valence-electron chi connectivity index (χ2n) is 7.02. The summed E-state index contributed by atoms with van der Waals surface area (Å²) in [4.78, 5) is 12.6. The Balaban J connectivity index is 0.00000225. The van der Waals surface area contributed by atoms with E-state index >= 15 is 0 Å². The Kier molecular flexibility index (Phi) is 6.16. The number of rotatable bonds is 4. The molecule has 148 valence electrons. The maximum atomic E-state index is 12.6. The molecule has 2 N–H and O–H groups in total. The Morgan fingerprint density at radius 3 is 2.79 bits per heavy atom. The lowest BCUT2D eigenvalue weighted by atomic mass is 10.1. The molecule has 1 saturated heterocycles. The quantitative estimate of drug-likeness (QED) is 0.704. The molecule has 8 heteroatoms. The van der Waals surface area contributed by atoms with Gasteiger partial charge in [-0.15, -0.1) is 12.4 Å². The number of hydrogen-bond acceptors (Lipinski definition) is 4. The Labute approximate surface area is 170 Å². The molecular formula is C20H25ClN6O. The van der Waals surface area contributed by atoms with Crippen molar-refractivity contribution >= 4 is 24.0 Å². The fraction of sp³-hybridized carbons (Fsp3) is 0.350. The summed E-state index contributed by atoms with van der Waals surface area (Å²) >= 11 is 0. The minimum Gasteiger partial charge on any atom is -0.321 e. The zero-order valence-corrected chi connectivity index (χ0v) is 16.9. The van der Waals surface area contributed by atoms with E-state index in [9.17, 15) is 4.79 Å². The number of carbonyl (C=O) groups excluding carboxylic acids is 1. The molecule has 1 unspecified atom stereocenters. The molecule has 0 bridgehead atoms. The highest BCUT2D eigenvalue weighted by Gasteiger charge is 2.18. The van der Waals surface area contributed by atoms with Crippen molar-refractivity contribution in [3.05, 3.63) is 59.7 Å². The van der Waals surface area contributed by atoms with Gasteiger partial charge in [-0.05, 0) is 63.6 Å². The summed E-state index contributed by atoms with van der Waals surface area (Å²) in [5, 5.41) is 15.3. The average Bonchev–Trinajstić information content (AvgIpc) is 3.29. The van der Waals surface area contributed by atoms with Crippen molar-refractivity contribution in [1.82, 2.24) is 24.9 Å². The van der Waals surface area contributed by atoms with Crippen LogP contribution in [0.3, 0.4) is 0 Å². The van der Waals surface area contributed by atoms with Crippen LogP contribution in [0.25, 0.3) is 5.69 Å². The first kappa shape index (κ1) is 20.1. The minimum atomic E-state index is -0.206. The van der Waals surface area contributed by atoms with Gasteiger partial charge in [0.2, 0.25) is 0 Å². The third kappa shape index (κ3) is 4.26. The molecule has 0 spiro atoms. The second-order valence-corrected chi connectivity index (χ2v) is 7.02. The van der Waals surface area contributed by atoms with Crippen LogP contribution in [0.1, 0.15) is 40.8 Å². The first-order chi connectivity index (χ1) is 13.1. The molecule has 1 aromatic carbocycles. The zero-order valence-electron chi connectivity index (χ0n) is 16.1. The fourth-order valence-electron chi connectivity index (χ4n) is 3.52. The van der Waals surface area contributed by atoms with E-state index in [1.807, 2.05) is 59.7 Å². The van der Waals surface area contributed by atoms with Gasteiger partial charge >= 0.3 is 0 Å². The fourth-order valence-corrected chi connectivity index (χ4v) is 3.52. The molecule has 0 radical (unpaired) electrons. The predicted molar refractivity (Wildman–Crippen MR) is 112 cm³/mol. The number of anilines is 1. The molecule has 0 saturated carbocycles. The summed E-state index contributed by atoms with van der Waals surface area (Å²) in [6.07, 6.45) is 4.10. The molecule has 1 aliphatic heterocycles. The Morgan fingerprint density at radius 2 is 2.07 bits per heavy atom. The van der Waals surface area contributed by atoms with Gasteiger partial charge in [-0.3, -0.25) is 9.48 Å². The van der Waals surface area contributed by atoms with Gasteiger partial charge < -0.3 is 10.6 Å². The number of aromatic nitrogens is 4. The Bertz CT molecular complexity index is 957. The number of nitrogens with one attached hydrogen (secondary N) is 2. The number of hydrogen-bond donors (Lipinski definition) is 2. The lowest BCUT2D eigenvalue weighted by Gasteiger charge is -2.22. The summed E-state index contributed by atoms with van der Waals surface area (Å²) in [7, 11) is 0. The molecular weight excluding hydrogens is 376 g/mol. The standard InChI is InChI=1S/C20H24N6O.ClH/c1-14-11-15(2)26(23-14)17-6-3-5-16(12-17)22-20(27)19-8-10-25(24-19)18-7-4-9-21-13-18;/h3,5-6,8,10-12,18,21H,4,7,9,13H2,1-2H3,(H,22,27);1H. The number of halogens is 1. The van der Waals surface area contributed by atoms with Gasteiger partial charge in [-0.1, -0.05) is 6.07 Å². The largest absolute Gasteiger partial charge is 0.321 e. The number of benzene rings is 1. The summed E-state index contributed by atoms with van der Waals surface area (Å²) in [6, 6.07) is 11.8. The van der Waals surface area contributed by atoms with Crippen molar-refractivity contribution in [2.75, 3.05) is 18.4 Å². The van der Waals surface area contributed by atoms with Gasteiger partial charge in [0, 0.05) is 24.1 Å². The van der Waals surface area contributed by atoms with Crippen molar-refractivity contribution in [2.45, 2.75) is 32.7 Å². The lowest BCUT2D eigenvalue weighted by molar-refractivity contribution is 0.102. The van der Waals surface area contributed by atoms with Crippen LogP contribution in [0.2, 0.25) is 0 Å². The predicted octanol–water partition coefficient (Wildman–Crippen LogP) is 3.28. The van der Waals surface area contributed by atoms with E-state index in [4.69, 9.17) is 0 Å². The van der Waals surface area contributed by atoms with Crippen molar-refractivity contribution in [1.29, 1.82) is 0 Å². The van der Waals surface area contributed by atoms with E-state index in [1.165, 1.54) is 0 Å². The van der Waals surface area contributed by atoms with E-state index in [-0.39, 0.29) is 18.3 Å². The van der Waals surface area contributed by atoms with Gasteiger partial charge in [-0.25, -0.2) is 4.68 Å². The SMILES string of the molecule is Cc1cc(C)n(-c2cccc(NC(=O)c3ccn(C4CCCNC4)n3)c2)n1.Cl. The van der Waals surface area contributed by atoms with Crippen LogP contribution >= 0.6 is 12.4 Å². The minimum absolute atomic E-state index is 0. The van der Waals surface area contributed by atoms with Crippen molar-refractivity contribution < 1.29 is 4.79 Å². The van der Waals surface area contributed by atoms with E-state index < -0.39 is 0 Å². The smallest absolute Gasteiger partial charge is 0.276 e. The van der Waals surface area contributed by atoms with Crippen LogP contribution in [0.4, 0.5) is 5.69 Å². The van der Waals surface area contributed by atoms with Crippen LogP contribution in [0.15, 0.2) is 42.6 Å². The molecule has 3 heterocycles. The number of carbonyl (C=O) groups is 1. The molecule has 4 rings (SSSR count). The van der Waals surface area contributed by atoms with E-state index in [0.717, 1.165) is 48.7 Å². The summed E-state index contributed by atoms with van der Waals surface area (Å²) in [5.41, 5.74) is 4.08. The van der Waals surface area contributed by atoms with Crippen LogP contribution in [0, 0.1) is 13.8 Å². The van der Waals surface area contributed by atoms with Gasteiger partial charge in [0.1, 0.15) is 0 Å². The summed E-state index contributed by atoms with van der Waals surface area (Å²) in [6.45, 7) is 5.93. The van der Waals surface area contributed by atoms with Gasteiger partial charge in [0.05, 0.1) is 17.4 Å².